The molecule has 164 valence electrons. The Labute approximate surface area is 186 Å². The minimum Gasteiger partial charge on any atom is -0.351 e. The van der Waals surface area contributed by atoms with Crippen molar-refractivity contribution in [3.05, 3.63) is 58.4 Å². The summed E-state index contributed by atoms with van der Waals surface area (Å²) < 4.78 is 0. The van der Waals surface area contributed by atoms with Gasteiger partial charge in [-0.1, -0.05) is 24.3 Å². The fraction of sp³-hybridized carbons (Fsp3) is 0.500. The Bertz CT molecular complexity index is 824. The zero-order valence-electron chi connectivity index (χ0n) is 19.3. The van der Waals surface area contributed by atoms with E-state index in [1.54, 1.807) is 11.3 Å². The van der Waals surface area contributed by atoms with Crippen molar-refractivity contribution in [1.82, 2.24) is 20.1 Å². The van der Waals surface area contributed by atoms with Crippen molar-refractivity contribution in [2.24, 2.45) is 0 Å². The molecule has 0 spiro atoms. The molecule has 1 aromatic heterocycles. The van der Waals surface area contributed by atoms with Gasteiger partial charge in [-0.25, -0.2) is 4.98 Å². The van der Waals surface area contributed by atoms with E-state index in [0.717, 1.165) is 53.5 Å². The van der Waals surface area contributed by atoms with E-state index in [-0.39, 0.29) is 6.04 Å². The normalized spacial score (nSPS) is 16.4. The van der Waals surface area contributed by atoms with E-state index >= 15 is 0 Å². The van der Waals surface area contributed by atoms with E-state index in [1.165, 1.54) is 0 Å². The molecule has 1 aliphatic rings. The molecule has 0 aromatic carbocycles. The highest BCUT2D eigenvalue weighted by atomic mass is 32.1. The second kappa shape index (κ2) is 11.3. The van der Waals surface area contributed by atoms with Gasteiger partial charge in [-0.05, 0) is 66.6 Å². The Morgan fingerprint density at radius 2 is 1.97 bits per heavy atom. The van der Waals surface area contributed by atoms with Crippen molar-refractivity contribution >= 4 is 22.7 Å². The molecule has 0 aliphatic carbocycles. The Morgan fingerprint density at radius 1 is 1.30 bits per heavy atom. The number of piperidine rings is 1. The molecule has 1 aromatic rings. The predicted octanol–water partition coefficient (Wildman–Crippen LogP) is 5.26. The minimum absolute atomic E-state index is 0.283. The Hall–Kier alpha value is -2.18. The number of allylic oxidation sites excluding steroid dienone is 5. The van der Waals surface area contributed by atoms with Crippen molar-refractivity contribution < 1.29 is 0 Å². The van der Waals surface area contributed by atoms with Crippen molar-refractivity contribution in [1.29, 1.82) is 5.41 Å². The monoisotopic (exact) mass is 427 g/mol. The fourth-order valence-electron chi connectivity index (χ4n) is 3.71. The van der Waals surface area contributed by atoms with Gasteiger partial charge in [-0.2, -0.15) is 0 Å². The molecule has 0 saturated carbocycles. The molecule has 2 N–H and O–H groups in total. The number of hydrogen-bond acceptors (Lipinski definition) is 5. The molecule has 1 saturated heterocycles. The number of hydrogen-bond donors (Lipinski definition) is 2. The molecule has 0 radical (unpaired) electrons. The van der Waals surface area contributed by atoms with Crippen LogP contribution in [0.15, 0.2) is 47.7 Å². The number of likely N-dealkylation sites (N-methyl/N-ethyl adjacent to an activating group) is 1. The number of aromatic nitrogens is 1. The Morgan fingerprint density at radius 3 is 2.53 bits per heavy atom. The maximum atomic E-state index is 8.84. The largest absolute Gasteiger partial charge is 0.351 e. The van der Waals surface area contributed by atoms with E-state index < -0.39 is 0 Å². The zero-order valence-corrected chi connectivity index (χ0v) is 20.1. The number of nitrogens with one attached hydrogen (secondary N) is 2. The lowest BCUT2D eigenvalue weighted by Gasteiger charge is -2.38. The van der Waals surface area contributed by atoms with Crippen LogP contribution in [0.5, 0.6) is 0 Å². The SMILES string of the molecule is C=C(C)/C=C\C(=C/C)N(C)/C=C(\C)c1nc(C(=N)N(C(C)C)C2CCNCC2)cs1. The molecule has 0 atom stereocenters. The average Bonchev–Trinajstić information content (AvgIpc) is 3.19. The molecule has 1 fully saturated rings. The van der Waals surface area contributed by atoms with Crippen molar-refractivity contribution in [3.8, 4) is 0 Å². The fourth-order valence-corrected chi connectivity index (χ4v) is 4.49. The lowest BCUT2D eigenvalue weighted by Crippen LogP contribution is -2.49. The standard InChI is InChI=1S/C24H37N5S/c1-8-20(10-9-17(2)3)28(7)15-19(6)24-27-22(16-30-24)23(25)29(18(4)5)21-11-13-26-14-12-21/h8-10,15-16,18,21,25-26H,2,11-14H2,1,3-7H3/b10-9-,19-15+,20-8+,25-23?. The van der Waals surface area contributed by atoms with E-state index in [2.05, 4.69) is 60.8 Å². The summed E-state index contributed by atoms with van der Waals surface area (Å²) in [5.41, 5.74) is 3.97. The topological polar surface area (TPSA) is 55.3 Å². The summed E-state index contributed by atoms with van der Waals surface area (Å²) >= 11 is 1.60. The molecular formula is C24H37N5S. The molecule has 2 heterocycles. The Kier molecular flexibility index (Phi) is 9.06. The molecule has 0 amide bonds. The summed E-state index contributed by atoms with van der Waals surface area (Å²) in [4.78, 5) is 9.15. The van der Waals surface area contributed by atoms with E-state index in [0.29, 0.717) is 11.9 Å². The molecule has 1 aliphatic heterocycles. The molecule has 0 bridgehead atoms. The summed E-state index contributed by atoms with van der Waals surface area (Å²) in [6.07, 6.45) is 10.4. The lowest BCUT2D eigenvalue weighted by atomic mass is 10.0. The second-order valence-corrected chi connectivity index (χ2v) is 9.04. The van der Waals surface area contributed by atoms with Crippen LogP contribution in [0.25, 0.3) is 5.57 Å². The maximum absolute atomic E-state index is 8.84. The van der Waals surface area contributed by atoms with Gasteiger partial charge in [0, 0.05) is 42.0 Å². The molecule has 2 rings (SSSR count). The van der Waals surface area contributed by atoms with Gasteiger partial charge in [-0.15, -0.1) is 11.3 Å². The molecule has 6 heteroatoms. The highest BCUT2D eigenvalue weighted by Gasteiger charge is 2.27. The van der Waals surface area contributed by atoms with Gasteiger partial charge < -0.3 is 15.1 Å². The van der Waals surface area contributed by atoms with Crippen LogP contribution in [0.4, 0.5) is 0 Å². The van der Waals surface area contributed by atoms with Crippen LogP contribution in [0.2, 0.25) is 0 Å². The second-order valence-electron chi connectivity index (χ2n) is 8.18. The van der Waals surface area contributed by atoms with E-state index in [1.807, 2.05) is 32.4 Å². The van der Waals surface area contributed by atoms with E-state index in [9.17, 15) is 0 Å². The highest BCUT2D eigenvalue weighted by Crippen LogP contribution is 2.24. The first-order valence-corrected chi connectivity index (χ1v) is 11.6. The first-order chi connectivity index (χ1) is 14.2. The summed E-state index contributed by atoms with van der Waals surface area (Å²) in [6.45, 7) is 16.4. The quantitative estimate of drug-likeness (QED) is 0.338. The molecular weight excluding hydrogens is 390 g/mol. The summed E-state index contributed by atoms with van der Waals surface area (Å²) in [7, 11) is 2.04. The number of thiazole rings is 1. The third kappa shape index (κ3) is 6.41. The summed E-state index contributed by atoms with van der Waals surface area (Å²) in [5.74, 6) is 0.541. The van der Waals surface area contributed by atoms with Gasteiger partial charge in [-0.3, -0.25) is 5.41 Å². The first kappa shape index (κ1) is 24.1. The van der Waals surface area contributed by atoms with Gasteiger partial charge in [0.2, 0.25) is 0 Å². The Balaban J connectivity index is 2.18. The van der Waals surface area contributed by atoms with Crippen molar-refractivity contribution in [2.75, 3.05) is 20.1 Å². The van der Waals surface area contributed by atoms with Crippen LogP contribution in [-0.2, 0) is 0 Å². The predicted molar refractivity (Wildman–Crippen MR) is 131 cm³/mol. The van der Waals surface area contributed by atoms with Crippen LogP contribution in [-0.4, -0.2) is 52.8 Å². The van der Waals surface area contributed by atoms with Gasteiger partial charge >= 0.3 is 0 Å². The molecule has 30 heavy (non-hydrogen) atoms. The lowest BCUT2D eigenvalue weighted by molar-refractivity contribution is 0.214. The van der Waals surface area contributed by atoms with Crippen LogP contribution < -0.4 is 5.32 Å². The summed E-state index contributed by atoms with van der Waals surface area (Å²) in [6, 6.07) is 0.690. The molecule has 0 unspecified atom stereocenters. The number of amidine groups is 1. The summed E-state index contributed by atoms with van der Waals surface area (Å²) in [5, 5.41) is 15.2. The molecule has 5 nitrogen and oxygen atoms in total. The van der Waals surface area contributed by atoms with Gasteiger partial charge in [0.05, 0.1) is 0 Å². The third-order valence-corrected chi connectivity index (χ3v) is 6.21. The van der Waals surface area contributed by atoms with Crippen molar-refractivity contribution in [2.45, 2.75) is 59.5 Å². The van der Waals surface area contributed by atoms with Crippen LogP contribution >= 0.6 is 11.3 Å². The van der Waals surface area contributed by atoms with Crippen LogP contribution in [0, 0.1) is 5.41 Å². The van der Waals surface area contributed by atoms with Crippen molar-refractivity contribution in [3.63, 3.8) is 0 Å². The first-order valence-electron chi connectivity index (χ1n) is 10.7. The zero-order chi connectivity index (χ0) is 22.3. The van der Waals surface area contributed by atoms with Crippen LogP contribution in [0.3, 0.4) is 0 Å². The van der Waals surface area contributed by atoms with Crippen LogP contribution in [0.1, 0.15) is 58.2 Å². The number of rotatable bonds is 8. The average molecular weight is 428 g/mol. The van der Waals surface area contributed by atoms with E-state index in [4.69, 9.17) is 10.4 Å². The third-order valence-electron chi connectivity index (χ3n) is 5.23. The number of nitrogens with zero attached hydrogens (tertiary/aromatic N) is 3. The minimum atomic E-state index is 0.283. The van der Waals surface area contributed by atoms with Gasteiger partial charge in [0.25, 0.3) is 0 Å². The van der Waals surface area contributed by atoms with Gasteiger partial charge in [0.1, 0.15) is 16.5 Å². The highest BCUT2D eigenvalue weighted by molar-refractivity contribution is 7.11. The van der Waals surface area contributed by atoms with Gasteiger partial charge in [0.15, 0.2) is 0 Å². The maximum Gasteiger partial charge on any atom is 0.148 e. The smallest absolute Gasteiger partial charge is 0.148 e.